The third kappa shape index (κ3) is 4.58. The normalized spacial score (nSPS) is 19.8. The molecule has 5 nitrogen and oxygen atoms in total. The fourth-order valence-electron chi connectivity index (χ4n) is 2.80. The number of amides is 1. The molecule has 1 aliphatic rings. The van der Waals surface area contributed by atoms with Gasteiger partial charge < -0.3 is 9.64 Å². The third-order valence-corrected chi connectivity index (χ3v) is 5.69. The molecule has 0 aromatic heterocycles. The highest BCUT2D eigenvalue weighted by atomic mass is 32.2. The number of carbonyl (C=O) groups is 1. The molecule has 1 unspecified atom stereocenters. The summed E-state index contributed by atoms with van der Waals surface area (Å²) in [6.07, 6.45) is 4.53. The van der Waals surface area contributed by atoms with Crippen LogP contribution in [0.5, 0.6) is 5.75 Å². The van der Waals surface area contributed by atoms with Crippen LogP contribution in [-0.2, 0) is 14.6 Å². The summed E-state index contributed by atoms with van der Waals surface area (Å²) >= 11 is 0. The van der Waals surface area contributed by atoms with Gasteiger partial charge in [-0.3, -0.25) is 4.79 Å². The minimum absolute atomic E-state index is 0.0707. The first-order valence-corrected chi connectivity index (χ1v) is 9.61. The van der Waals surface area contributed by atoms with Crippen molar-refractivity contribution in [3.8, 4) is 5.75 Å². The first kappa shape index (κ1) is 17.5. The lowest BCUT2D eigenvalue weighted by Crippen LogP contribution is -2.40. The van der Waals surface area contributed by atoms with Gasteiger partial charge in [-0.2, -0.15) is 0 Å². The van der Waals surface area contributed by atoms with Crippen molar-refractivity contribution in [2.75, 3.05) is 25.2 Å². The highest BCUT2D eigenvalue weighted by molar-refractivity contribution is 7.91. The lowest BCUT2D eigenvalue weighted by atomic mass is 10.1. The van der Waals surface area contributed by atoms with Gasteiger partial charge in [0.25, 0.3) is 0 Å². The Hall–Kier alpha value is -1.82. The summed E-state index contributed by atoms with van der Waals surface area (Å²) in [5, 5.41) is 0. The number of nitrogens with zero attached hydrogens (tertiary/aromatic N) is 1. The molecule has 2 rings (SSSR count). The van der Waals surface area contributed by atoms with E-state index in [1.807, 2.05) is 31.2 Å². The molecule has 0 aliphatic carbocycles. The van der Waals surface area contributed by atoms with Gasteiger partial charge in [0.2, 0.25) is 5.91 Å². The largest absolute Gasteiger partial charge is 0.496 e. The van der Waals surface area contributed by atoms with Crippen LogP contribution < -0.4 is 4.74 Å². The molecule has 1 saturated heterocycles. The van der Waals surface area contributed by atoms with Gasteiger partial charge in [0.1, 0.15) is 5.75 Å². The monoisotopic (exact) mass is 337 g/mol. The maximum atomic E-state index is 12.5. The molecule has 0 spiro atoms. The molecular weight excluding hydrogens is 314 g/mol. The van der Waals surface area contributed by atoms with Crippen molar-refractivity contribution < 1.29 is 17.9 Å². The summed E-state index contributed by atoms with van der Waals surface area (Å²) in [6, 6.07) is 7.23. The summed E-state index contributed by atoms with van der Waals surface area (Å²) in [5.41, 5.74) is 0.818. The number of benzene rings is 1. The Bertz CT molecular complexity index is 682. The fraction of sp³-hybridized carbons (Fsp3) is 0.471. The van der Waals surface area contributed by atoms with Crippen molar-refractivity contribution in [1.82, 2.24) is 4.90 Å². The first-order chi connectivity index (χ1) is 11.0. The third-order valence-electron chi connectivity index (χ3n) is 3.94. The van der Waals surface area contributed by atoms with Crippen molar-refractivity contribution in [2.45, 2.75) is 25.8 Å². The van der Waals surface area contributed by atoms with Gasteiger partial charge in [-0.1, -0.05) is 25.1 Å². The van der Waals surface area contributed by atoms with Crippen molar-refractivity contribution in [3.05, 3.63) is 35.9 Å². The number of sulfone groups is 1. The molecule has 0 saturated carbocycles. The maximum Gasteiger partial charge on any atom is 0.246 e. The SMILES string of the molecule is CCCN(C(=O)/C=C/c1ccccc1OC)C1CCS(=O)(=O)C1. The molecule has 1 aromatic carbocycles. The molecule has 1 amide bonds. The molecule has 126 valence electrons. The lowest BCUT2D eigenvalue weighted by molar-refractivity contribution is -0.127. The Kier molecular flexibility index (Phi) is 5.82. The highest BCUT2D eigenvalue weighted by Gasteiger charge is 2.33. The molecule has 1 fully saturated rings. The summed E-state index contributed by atoms with van der Waals surface area (Å²) in [6.45, 7) is 2.54. The zero-order valence-electron chi connectivity index (χ0n) is 13.6. The van der Waals surface area contributed by atoms with Gasteiger partial charge in [-0.25, -0.2) is 8.42 Å². The summed E-state index contributed by atoms with van der Waals surface area (Å²) in [4.78, 5) is 14.2. The Balaban J connectivity index is 2.13. The lowest BCUT2D eigenvalue weighted by Gasteiger charge is -2.26. The molecule has 0 N–H and O–H groups in total. The molecule has 0 bridgehead atoms. The average molecular weight is 337 g/mol. The van der Waals surface area contributed by atoms with Crippen LogP contribution in [0, 0.1) is 0 Å². The van der Waals surface area contributed by atoms with Gasteiger partial charge >= 0.3 is 0 Å². The smallest absolute Gasteiger partial charge is 0.246 e. The predicted molar refractivity (Wildman–Crippen MR) is 91.1 cm³/mol. The topological polar surface area (TPSA) is 63.7 Å². The Morgan fingerprint density at radius 3 is 2.74 bits per heavy atom. The van der Waals surface area contributed by atoms with E-state index >= 15 is 0 Å². The zero-order chi connectivity index (χ0) is 16.9. The van der Waals surface area contributed by atoms with Crippen molar-refractivity contribution in [2.24, 2.45) is 0 Å². The highest BCUT2D eigenvalue weighted by Crippen LogP contribution is 2.21. The number of methoxy groups -OCH3 is 1. The van der Waals surface area contributed by atoms with E-state index in [-0.39, 0.29) is 23.5 Å². The van der Waals surface area contributed by atoms with Crippen LogP contribution in [0.3, 0.4) is 0 Å². The summed E-state index contributed by atoms with van der Waals surface area (Å²) in [5.74, 6) is 0.782. The van der Waals surface area contributed by atoms with Crippen molar-refractivity contribution >= 4 is 21.8 Å². The fourth-order valence-corrected chi connectivity index (χ4v) is 4.53. The molecule has 1 aliphatic heterocycles. The Morgan fingerprint density at radius 1 is 1.39 bits per heavy atom. The van der Waals surface area contributed by atoms with E-state index in [1.165, 1.54) is 6.08 Å². The van der Waals surface area contributed by atoms with E-state index in [4.69, 9.17) is 4.74 Å². The predicted octanol–water partition coefficient (Wildman–Crippen LogP) is 2.13. The molecule has 1 atom stereocenters. The Labute approximate surface area is 137 Å². The maximum absolute atomic E-state index is 12.5. The zero-order valence-corrected chi connectivity index (χ0v) is 14.4. The second kappa shape index (κ2) is 7.64. The van der Waals surface area contributed by atoms with Gasteiger partial charge in [-0.05, 0) is 25.0 Å². The first-order valence-electron chi connectivity index (χ1n) is 7.79. The van der Waals surface area contributed by atoms with Crippen molar-refractivity contribution in [1.29, 1.82) is 0 Å². The van der Waals surface area contributed by atoms with Gasteiger partial charge in [0.05, 0.1) is 18.6 Å². The number of carbonyl (C=O) groups excluding carboxylic acids is 1. The van der Waals surface area contributed by atoms with Crippen LogP contribution in [0.4, 0.5) is 0 Å². The number of ether oxygens (including phenoxy) is 1. The minimum atomic E-state index is -3.01. The van der Waals surface area contributed by atoms with Crippen LogP contribution in [-0.4, -0.2) is 50.4 Å². The van der Waals surface area contributed by atoms with Gasteiger partial charge in [0.15, 0.2) is 9.84 Å². The van der Waals surface area contributed by atoms with E-state index in [0.29, 0.717) is 18.7 Å². The standard InChI is InChI=1S/C17H23NO4S/c1-3-11-18(15-10-12-23(20,21)13-15)17(19)9-8-14-6-4-5-7-16(14)22-2/h4-9,15H,3,10-13H2,1-2H3/b9-8+. The van der Waals surface area contributed by atoms with E-state index in [0.717, 1.165) is 12.0 Å². The number of rotatable bonds is 6. The van der Waals surface area contributed by atoms with E-state index in [1.54, 1.807) is 18.1 Å². The minimum Gasteiger partial charge on any atom is -0.496 e. The molecule has 6 heteroatoms. The second-order valence-electron chi connectivity index (χ2n) is 5.66. The van der Waals surface area contributed by atoms with Crippen LogP contribution in [0.2, 0.25) is 0 Å². The molecule has 1 heterocycles. The van der Waals surface area contributed by atoms with E-state index in [9.17, 15) is 13.2 Å². The molecule has 0 radical (unpaired) electrons. The molecular formula is C17H23NO4S. The molecule has 1 aromatic rings. The summed E-state index contributed by atoms with van der Waals surface area (Å²) in [7, 11) is -1.42. The second-order valence-corrected chi connectivity index (χ2v) is 7.89. The van der Waals surface area contributed by atoms with Crippen LogP contribution in [0.25, 0.3) is 6.08 Å². The van der Waals surface area contributed by atoms with E-state index < -0.39 is 9.84 Å². The number of hydrogen-bond acceptors (Lipinski definition) is 4. The van der Waals surface area contributed by atoms with Gasteiger partial charge in [0, 0.05) is 24.2 Å². The number of hydrogen-bond donors (Lipinski definition) is 0. The average Bonchev–Trinajstić information content (AvgIpc) is 2.90. The van der Waals surface area contributed by atoms with Crippen molar-refractivity contribution in [3.63, 3.8) is 0 Å². The quantitative estimate of drug-likeness (QED) is 0.746. The Morgan fingerprint density at radius 2 is 2.13 bits per heavy atom. The van der Waals surface area contributed by atoms with Gasteiger partial charge in [-0.15, -0.1) is 0 Å². The molecule has 23 heavy (non-hydrogen) atoms. The summed E-state index contributed by atoms with van der Waals surface area (Å²) < 4.78 is 28.6. The van der Waals surface area contributed by atoms with Crippen LogP contribution >= 0.6 is 0 Å². The van der Waals surface area contributed by atoms with Crippen LogP contribution in [0.1, 0.15) is 25.3 Å². The van der Waals surface area contributed by atoms with E-state index in [2.05, 4.69) is 0 Å². The number of para-hydroxylation sites is 1. The van der Waals surface area contributed by atoms with Crippen LogP contribution in [0.15, 0.2) is 30.3 Å².